The maximum atomic E-state index is 12.2. The lowest BCUT2D eigenvalue weighted by atomic mass is 9.85. The van der Waals surface area contributed by atoms with E-state index in [1.165, 1.54) is 0 Å². The summed E-state index contributed by atoms with van der Waals surface area (Å²) >= 11 is 5.90. The number of likely N-dealkylation sites (tertiary alicyclic amines) is 1. The molecule has 3 N–H and O–H groups in total. The van der Waals surface area contributed by atoms with Crippen LogP contribution >= 0.6 is 11.6 Å². The Morgan fingerprint density at radius 2 is 2.14 bits per heavy atom. The molecule has 0 aliphatic carbocycles. The van der Waals surface area contributed by atoms with E-state index in [0.29, 0.717) is 17.1 Å². The first kappa shape index (κ1) is 16.1. The van der Waals surface area contributed by atoms with Crippen molar-refractivity contribution in [3.8, 4) is 0 Å². The number of amides is 2. The second-order valence-corrected chi connectivity index (χ2v) is 6.08. The van der Waals surface area contributed by atoms with Crippen LogP contribution in [0.2, 0.25) is 5.02 Å². The first-order valence-electron chi connectivity index (χ1n) is 7.17. The summed E-state index contributed by atoms with van der Waals surface area (Å²) < 4.78 is 0. The van der Waals surface area contributed by atoms with Crippen molar-refractivity contribution >= 4 is 23.3 Å². The summed E-state index contributed by atoms with van der Waals surface area (Å²) in [5, 5.41) is 15.7. The number of piperidine rings is 1. The first-order chi connectivity index (χ1) is 10.0. The number of benzene rings is 1. The highest BCUT2D eigenvalue weighted by atomic mass is 35.5. The van der Waals surface area contributed by atoms with Gasteiger partial charge in [-0.3, -0.25) is 0 Å². The highest BCUT2D eigenvalue weighted by Gasteiger charge is 2.34. The number of hydrogen-bond donors (Lipinski definition) is 3. The van der Waals surface area contributed by atoms with Crippen LogP contribution < -0.4 is 10.6 Å². The molecule has 6 heteroatoms. The van der Waals surface area contributed by atoms with Crippen LogP contribution in [0.3, 0.4) is 0 Å². The number of anilines is 1. The molecule has 0 radical (unpaired) electrons. The number of nitrogens with zero attached hydrogens (tertiary/aromatic N) is 1. The fourth-order valence-corrected chi connectivity index (χ4v) is 2.86. The summed E-state index contributed by atoms with van der Waals surface area (Å²) in [4.78, 5) is 14.4. The summed E-state index contributed by atoms with van der Waals surface area (Å²) in [5.74, 6) is 0. The van der Waals surface area contributed by atoms with Crippen LogP contribution in [0, 0.1) is 0 Å². The van der Waals surface area contributed by atoms with Gasteiger partial charge in [0.1, 0.15) is 0 Å². The van der Waals surface area contributed by atoms with Crippen molar-refractivity contribution in [2.24, 2.45) is 0 Å². The predicted molar refractivity (Wildman–Crippen MR) is 84.8 cm³/mol. The third-order valence-corrected chi connectivity index (χ3v) is 4.23. The van der Waals surface area contributed by atoms with E-state index in [-0.39, 0.29) is 18.2 Å². The molecule has 5 nitrogen and oxygen atoms in total. The average Bonchev–Trinajstić information content (AvgIpc) is 2.42. The quantitative estimate of drug-likeness (QED) is 0.799. The summed E-state index contributed by atoms with van der Waals surface area (Å²) in [7, 11) is 2.06. The largest absolute Gasteiger partial charge is 0.396 e. The molecule has 0 spiro atoms. The lowest BCUT2D eigenvalue weighted by Crippen LogP contribution is -2.56. The van der Waals surface area contributed by atoms with Gasteiger partial charge in [0, 0.05) is 35.9 Å². The molecular weight excluding hydrogens is 290 g/mol. The number of aliphatic hydroxyl groups is 1. The fourth-order valence-electron chi connectivity index (χ4n) is 2.67. The van der Waals surface area contributed by atoms with Crippen molar-refractivity contribution < 1.29 is 9.90 Å². The monoisotopic (exact) mass is 311 g/mol. The van der Waals surface area contributed by atoms with E-state index < -0.39 is 0 Å². The van der Waals surface area contributed by atoms with Gasteiger partial charge in [-0.2, -0.15) is 0 Å². The summed E-state index contributed by atoms with van der Waals surface area (Å²) in [6.07, 6.45) is 2.25. The van der Waals surface area contributed by atoms with Crippen LogP contribution in [0.1, 0.15) is 19.3 Å². The van der Waals surface area contributed by atoms with Crippen molar-refractivity contribution in [2.75, 3.05) is 32.1 Å². The minimum atomic E-state index is -0.329. The molecule has 1 aliphatic heterocycles. The molecular formula is C15H22ClN3O2. The van der Waals surface area contributed by atoms with Crippen molar-refractivity contribution in [1.82, 2.24) is 10.2 Å². The number of hydrogen-bond acceptors (Lipinski definition) is 3. The molecule has 1 aromatic rings. The summed E-state index contributed by atoms with van der Waals surface area (Å²) in [6, 6.07) is 6.79. The minimum absolute atomic E-state index is 0.0706. The molecule has 1 saturated heterocycles. The van der Waals surface area contributed by atoms with Gasteiger partial charge < -0.3 is 20.6 Å². The number of urea groups is 1. The van der Waals surface area contributed by atoms with Crippen LogP contribution in [0.15, 0.2) is 24.3 Å². The number of nitrogens with one attached hydrogen (secondary N) is 2. The van der Waals surface area contributed by atoms with Crippen LogP contribution in [-0.4, -0.2) is 48.3 Å². The Balaban J connectivity index is 1.98. The van der Waals surface area contributed by atoms with Gasteiger partial charge in [0.05, 0.1) is 0 Å². The number of halogens is 1. The predicted octanol–water partition coefficient (Wildman–Crippen LogP) is 2.31. The van der Waals surface area contributed by atoms with E-state index in [2.05, 4.69) is 22.6 Å². The van der Waals surface area contributed by atoms with Gasteiger partial charge in [-0.25, -0.2) is 4.79 Å². The fraction of sp³-hybridized carbons (Fsp3) is 0.533. The molecule has 0 aromatic heterocycles. The summed E-state index contributed by atoms with van der Waals surface area (Å²) in [6.45, 7) is 1.90. The third kappa shape index (κ3) is 4.59. The highest BCUT2D eigenvalue weighted by molar-refractivity contribution is 6.30. The zero-order chi connectivity index (χ0) is 15.3. The molecule has 2 amide bonds. The third-order valence-electron chi connectivity index (χ3n) is 4.00. The summed E-state index contributed by atoms with van der Waals surface area (Å²) in [5.41, 5.74) is 0.330. The van der Waals surface area contributed by atoms with E-state index >= 15 is 0 Å². The zero-order valence-electron chi connectivity index (χ0n) is 12.2. The van der Waals surface area contributed by atoms with Crippen molar-refractivity contribution in [3.05, 3.63) is 29.3 Å². The molecule has 1 fully saturated rings. The molecule has 0 saturated carbocycles. The topological polar surface area (TPSA) is 64.6 Å². The Morgan fingerprint density at radius 1 is 1.43 bits per heavy atom. The number of aliphatic hydroxyl groups excluding tert-OH is 1. The van der Waals surface area contributed by atoms with E-state index in [1.54, 1.807) is 24.3 Å². The SMILES string of the molecule is CN1CCC(CCO)(NC(=O)Nc2cccc(Cl)c2)CC1. The van der Waals surface area contributed by atoms with E-state index in [4.69, 9.17) is 11.6 Å². The lowest BCUT2D eigenvalue weighted by molar-refractivity contribution is 0.129. The molecule has 0 atom stereocenters. The van der Waals surface area contributed by atoms with Gasteiger partial charge in [0.2, 0.25) is 0 Å². The van der Waals surface area contributed by atoms with Crippen molar-refractivity contribution in [1.29, 1.82) is 0 Å². The second kappa shape index (κ2) is 7.11. The van der Waals surface area contributed by atoms with Crippen molar-refractivity contribution in [3.63, 3.8) is 0 Å². The Labute approximate surface area is 130 Å². The number of carbonyl (C=O) groups excluding carboxylic acids is 1. The van der Waals surface area contributed by atoms with Crippen LogP contribution in [0.5, 0.6) is 0 Å². The Bertz CT molecular complexity index is 488. The average molecular weight is 312 g/mol. The Kier molecular flexibility index (Phi) is 5.45. The van der Waals surface area contributed by atoms with E-state index in [9.17, 15) is 9.90 Å². The lowest BCUT2D eigenvalue weighted by Gasteiger charge is -2.41. The second-order valence-electron chi connectivity index (χ2n) is 5.65. The van der Waals surface area contributed by atoms with Gasteiger partial charge in [0.25, 0.3) is 0 Å². The van der Waals surface area contributed by atoms with E-state index in [1.807, 2.05) is 0 Å². The van der Waals surface area contributed by atoms with Crippen LogP contribution in [0.4, 0.5) is 10.5 Å². The van der Waals surface area contributed by atoms with Gasteiger partial charge in [-0.1, -0.05) is 17.7 Å². The van der Waals surface area contributed by atoms with E-state index in [0.717, 1.165) is 25.9 Å². The van der Waals surface area contributed by atoms with Gasteiger partial charge in [-0.05, 0) is 44.5 Å². The smallest absolute Gasteiger partial charge is 0.319 e. The Hall–Kier alpha value is -1.30. The molecule has 1 aromatic carbocycles. The van der Waals surface area contributed by atoms with Crippen LogP contribution in [-0.2, 0) is 0 Å². The maximum Gasteiger partial charge on any atom is 0.319 e. The molecule has 21 heavy (non-hydrogen) atoms. The molecule has 2 rings (SSSR count). The first-order valence-corrected chi connectivity index (χ1v) is 7.55. The highest BCUT2D eigenvalue weighted by Crippen LogP contribution is 2.25. The number of carbonyl (C=O) groups is 1. The number of rotatable bonds is 4. The van der Waals surface area contributed by atoms with Crippen LogP contribution in [0.25, 0.3) is 0 Å². The molecule has 116 valence electrons. The zero-order valence-corrected chi connectivity index (χ0v) is 13.0. The van der Waals surface area contributed by atoms with Gasteiger partial charge >= 0.3 is 6.03 Å². The molecule has 0 unspecified atom stereocenters. The van der Waals surface area contributed by atoms with Gasteiger partial charge in [0.15, 0.2) is 0 Å². The molecule has 1 aliphatic rings. The molecule has 0 bridgehead atoms. The normalized spacial score (nSPS) is 18.2. The van der Waals surface area contributed by atoms with Crippen molar-refractivity contribution in [2.45, 2.75) is 24.8 Å². The van der Waals surface area contributed by atoms with Gasteiger partial charge in [-0.15, -0.1) is 0 Å². The molecule has 1 heterocycles. The maximum absolute atomic E-state index is 12.2. The Morgan fingerprint density at radius 3 is 2.76 bits per heavy atom. The minimum Gasteiger partial charge on any atom is -0.396 e. The standard InChI is InChI=1S/C15H22ClN3O2/c1-19-8-5-15(6-9-19,7-10-20)18-14(21)17-13-4-2-3-12(16)11-13/h2-4,11,20H,5-10H2,1H3,(H2,17,18,21).